The molecule has 0 bridgehead atoms. The molecule has 1 aromatic heterocycles. The van der Waals surface area contributed by atoms with Crippen LogP contribution in [0, 0.1) is 5.92 Å². The molecular weight excluding hydrogens is 396 g/mol. The molecule has 0 radical (unpaired) electrons. The first-order valence-electron chi connectivity index (χ1n) is 10.3. The van der Waals surface area contributed by atoms with E-state index in [1.165, 1.54) is 17.7 Å². The van der Waals surface area contributed by atoms with E-state index in [-0.39, 0.29) is 25.0 Å². The highest BCUT2D eigenvalue weighted by Gasteiger charge is 2.21. The second kappa shape index (κ2) is 10.6. The molecule has 1 N–H and O–H groups in total. The molecule has 0 aliphatic rings. The molecule has 1 aromatic carbocycles. The van der Waals surface area contributed by atoms with Gasteiger partial charge in [-0.2, -0.15) is 0 Å². The van der Waals surface area contributed by atoms with E-state index in [0.29, 0.717) is 0 Å². The summed E-state index contributed by atoms with van der Waals surface area (Å²) in [5.74, 6) is -0.410. The van der Waals surface area contributed by atoms with Crippen molar-refractivity contribution in [3.8, 4) is 0 Å². The first-order chi connectivity index (χ1) is 14.7. The van der Waals surface area contributed by atoms with Crippen LogP contribution in [-0.4, -0.2) is 19.6 Å². The Bertz CT molecular complexity index is 1070. The number of benzene rings is 1. The summed E-state index contributed by atoms with van der Waals surface area (Å²) < 4.78 is 2.50. The standard InChI is InChI=1S/C23H30N4O4/c1-6-13-25-21(29)26(14-7-2)23(31)27(22(25)30)15-19(28)24-20(16(4)5)18-11-9-17(8-3)10-12-18/h6-7,9-12,16,20H,1-2,8,13-15H2,3-5H3,(H,24,28)/t20-/m1/s1. The Hall–Kier alpha value is -3.42. The number of nitrogens with zero attached hydrogens (tertiary/aromatic N) is 3. The minimum Gasteiger partial charge on any atom is -0.347 e. The summed E-state index contributed by atoms with van der Waals surface area (Å²) >= 11 is 0. The van der Waals surface area contributed by atoms with Crippen molar-refractivity contribution in [1.29, 1.82) is 0 Å². The van der Waals surface area contributed by atoms with Crippen molar-refractivity contribution in [3.05, 3.63) is 92.2 Å². The van der Waals surface area contributed by atoms with E-state index in [1.807, 2.05) is 38.1 Å². The molecule has 8 heteroatoms. The van der Waals surface area contributed by atoms with E-state index in [4.69, 9.17) is 0 Å². The highest BCUT2D eigenvalue weighted by atomic mass is 16.2. The Labute approximate surface area is 181 Å². The van der Waals surface area contributed by atoms with Crippen LogP contribution in [0.1, 0.15) is 37.9 Å². The number of carbonyl (C=O) groups is 1. The molecule has 0 aliphatic heterocycles. The van der Waals surface area contributed by atoms with Crippen LogP contribution in [0.2, 0.25) is 0 Å². The summed E-state index contributed by atoms with van der Waals surface area (Å²) in [5, 5.41) is 2.92. The zero-order valence-electron chi connectivity index (χ0n) is 18.3. The van der Waals surface area contributed by atoms with Gasteiger partial charge in [-0.15, -0.1) is 13.2 Å². The smallest absolute Gasteiger partial charge is 0.337 e. The number of aromatic nitrogens is 3. The maximum Gasteiger partial charge on any atom is 0.337 e. The van der Waals surface area contributed by atoms with Crippen molar-refractivity contribution in [3.63, 3.8) is 0 Å². The van der Waals surface area contributed by atoms with Crippen LogP contribution in [0.4, 0.5) is 0 Å². The van der Waals surface area contributed by atoms with Gasteiger partial charge in [0.05, 0.1) is 19.1 Å². The lowest BCUT2D eigenvalue weighted by atomic mass is 9.95. The minimum atomic E-state index is -0.848. The fourth-order valence-corrected chi connectivity index (χ4v) is 3.35. The number of nitrogens with one attached hydrogen (secondary N) is 1. The number of hydrogen-bond donors (Lipinski definition) is 1. The van der Waals surface area contributed by atoms with Crippen LogP contribution in [0.15, 0.2) is 64.0 Å². The third-order valence-corrected chi connectivity index (χ3v) is 5.04. The second-order valence-electron chi connectivity index (χ2n) is 7.62. The van der Waals surface area contributed by atoms with Crippen LogP contribution in [0.25, 0.3) is 0 Å². The zero-order chi connectivity index (χ0) is 23.1. The van der Waals surface area contributed by atoms with Crippen molar-refractivity contribution in [2.45, 2.75) is 52.9 Å². The summed E-state index contributed by atoms with van der Waals surface area (Å²) in [6.07, 6.45) is 3.68. The van der Waals surface area contributed by atoms with E-state index in [1.54, 1.807) is 0 Å². The van der Waals surface area contributed by atoms with E-state index >= 15 is 0 Å². The SMILES string of the molecule is C=CCn1c(=O)n(CC=C)c(=O)n(CC(=O)N[C@@H](c2ccc(CC)cc2)C(C)C)c1=O. The highest BCUT2D eigenvalue weighted by molar-refractivity contribution is 5.76. The Balaban J connectivity index is 2.39. The minimum absolute atomic E-state index is 0.0743. The number of hydrogen-bond acceptors (Lipinski definition) is 4. The van der Waals surface area contributed by atoms with Crippen LogP contribution in [0.3, 0.4) is 0 Å². The first-order valence-corrected chi connectivity index (χ1v) is 10.3. The third kappa shape index (κ3) is 5.39. The average Bonchev–Trinajstić information content (AvgIpc) is 2.75. The van der Waals surface area contributed by atoms with Gasteiger partial charge in [-0.3, -0.25) is 4.79 Å². The Morgan fingerprint density at radius 1 is 0.935 bits per heavy atom. The van der Waals surface area contributed by atoms with Crippen LogP contribution in [0.5, 0.6) is 0 Å². The number of amides is 1. The van der Waals surface area contributed by atoms with Gasteiger partial charge in [0.1, 0.15) is 6.54 Å². The predicted octanol–water partition coefficient (Wildman–Crippen LogP) is 1.62. The third-order valence-electron chi connectivity index (χ3n) is 5.04. The molecule has 2 aromatic rings. The lowest BCUT2D eigenvalue weighted by Gasteiger charge is -2.23. The molecular formula is C23H30N4O4. The van der Waals surface area contributed by atoms with Crippen LogP contribution >= 0.6 is 0 Å². The lowest BCUT2D eigenvalue weighted by molar-refractivity contribution is -0.122. The Morgan fingerprint density at radius 2 is 1.42 bits per heavy atom. The summed E-state index contributed by atoms with van der Waals surface area (Å²) in [7, 11) is 0. The van der Waals surface area contributed by atoms with Gasteiger partial charge in [-0.25, -0.2) is 28.1 Å². The summed E-state index contributed by atoms with van der Waals surface area (Å²) in [6.45, 7) is 12.5. The molecule has 0 unspecified atom stereocenters. The van der Waals surface area contributed by atoms with Gasteiger partial charge in [-0.1, -0.05) is 57.2 Å². The molecule has 0 spiro atoms. The van der Waals surface area contributed by atoms with Crippen molar-refractivity contribution in [1.82, 2.24) is 19.0 Å². The topological polar surface area (TPSA) is 95.1 Å². The predicted molar refractivity (Wildman–Crippen MR) is 121 cm³/mol. The molecule has 31 heavy (non-hydrogen) atoms. The van der Waals surface area contributed by atoms with E-state index in [2.05, 4.69) is 25.4 Å². The van der Waals surface area contributed by atoms with Crippen LogP contribution in [-0.2, 0) is 30.8 Å². The fraction of sp³-hybridized carbons (Fsp3) is 0.391. The lowest BCUT2D eigenvalue weighted by Crippen LogP contribution is -2.55. The second-order valence-corrected chi connectivity index (χ2v) is 7.62. The van der Waals surface area contributed by atoms with Crippen molar-refractivity contribution in [2.75, 3.05) is 0 Å². The Morgan fingerprint density at radius 3 is 1.84 bits per heavy atom. The Kier molecular flexibility index (Phi) is 8.13. The molecule has 166 valence electrons. The van der Waals surface area contributed by atoms with Crippen molar-refractivity contribution >= 4 is 5.91 Å². The largest absolute Gasteiger partial charge is 0.347 e. The van der Waals surface area contributed by atoms with Gasteiger partial charge in [-0.05, 0) is 23.5 Å². The first kappa shape index (κ1) is 23.9. The van der Waals surface area contributed by atoms with Crippen LogP contribution < -0.4 is 22.4 Å². The summed E-state index contributed by atoms with van der Waals surface area (Å²) in [6, 6.07) is 7.68. The molecule has 1 amide bonds. The van der Waals surface area contributed by atoms with E-state index < -0.39 is 29.5 Å². The van der Waals surface area contributed by atoms with E-state index in [9.17, 15) is 19.2 Å². The number of carbonyl (C=O) groups excluding carboxylic acids is 1. The van der Waals surface area contributed by atoms with E-state index in [0.717, 1.165) is 25.7 Å². The molecule has 0 saturated heterocycles. The number of allylic oxidation sites excluding steroid dienone is 2. The molecule has 1 atom stereocenters. The van der Waals surface area contributed by atoms with Gasteiger partial charge < -0.3 is 5.32 Å². The molecule has 8 nitrogen and oxygen atoms in total. The average molecular weight is 427 g/mol. The molecule has 0 saturated carbocycles. The van der Waals surface area contributed by atoms with Crippen molar-refractivity contribution < 1.29 is 4.79 Å². The summed E-state index contributed by atoms with van der Waals surface area (Å²) in [4.78, 5) is 50.7. The molecule has 1 heterocycles. The maximum absolute atomic E-state index is 12.8. The molecule has 0 aliphatic carbocycles. The van der Waals surface area contributed by atoms with Gasteiger partial charge in [0.25, 0.3) is 0 Å². The maximum atomic E-state index is 12.8. The quantitative estimate of drug-likeness (QED) is 0.584. The van der Waals surface area contributed by atoms with Gasteiger partial charge >= 0.3 is 17.1 Å². The number of aryl methyl sites for hydroxylation is 1. The van der Waals surface area contributed by atoms with Crippen molar-refractivity contribution in [2.24, 2.45) is 5.92 Å². The monoisotopic (exact) mass is 426 g/mol. The highest BCUT2D eigenvalue weighted by Crippen LogP contribution is 2.22. The molecule has 2 rings (SSSR count). The number of rotatable bonds is 10. The van der Waals surface area contributed by atoms with Gasteiger partial charge in [0.2, 0.25) is 5.91 Å². The fourth-order valence-electron chi connectivity index (χ4n) is 3.35. The van der Waals surface area contributed by atoms with Gasteiger partial charge in [0.15, 0.2) is 0 Å². The molecule has 0 fully saturated rings. The zero-order valence-corrected chi connectivity index (χ0v) is 18.3. The normalized spacial score (nSPS) is 11.9. The summed E-state index contributed by atoms with van der Waals surface area (Å²) in [5.41, 5.74) is -0.329. The van der Waals surface area contributed by atoms with Gasteiger partial charge in [0, 0.05) is 0 Å².